The van der Waals surface area contributed by atoms with E-state index in [2.05, 4.69) is 10.6 Å². The molecule has 0 aliphatic carbocycles. The van der Waals surface area contributed by atoms with Gasteiger partial charge >= 0.3 is 0 Å². The molecule has 0 spiro atoms. The van der Waals surface area contributed by atoms with Crippen LogP contribution in [0.15, 0.2) is 0 Å². The minimum atomic E-state index is 0.232. The second-order valence-electron chi connectivity index (χ2n) is 2.67. The molecule has 1 fully saturated rings. The van der Waals surface area contributed by atoms with E-state index in [0.29, 0.717) is 0 Å². The SMILES string of the molecule is CC.CNCC[C@@H]1CCNC1=O. The highest BCUT2D eigenvalue weighted by Crippen LogP contribution is 2.12. The van der Waals surface area contributed by atoms with Crippen LogP contribution in [0.1, 0.15) is 26.7 Å². The lowest BCUT2D eigenvalue weighted by molar-refractivity contribution is -0.122. The molecule has 1 saturated heterocycles. The van der Waals surface area contributed by atoms with Gasteiger partial charge in [-0.2, -0.15) is 0 Å². The Labute approximate surface area is 74.9 Å². The van der Waals surface area contributed by atoms with Crippen LogP contribution in [0.4, 0.5) is 0 Å². The number of rotatable bonds is 3. The van der Waals surface area contributed by atoms with Gasteiger partial charge in [-0.15, -0.1) is 0 Å². The quantitative estimate of drug-likeness (QED) is 0.660. The average molecular weight is 172 g/mol. The third-order valence-corrected chi connectivity index (χ3v) is 1.91. The number of hydrogen-bond donors (Lipinski definition) is 2. The number of carbonyl (C=O) groups is 1. The predicted molar refractivity (Wildman–Crippen MR) is 51.0 cm³/mol. The molecule has 0 bridgehead atoms. The van der Waals surface area contributed by atoms with Crippen molar-refractivity contribution in [3.63, 3.8) is 0 Å². The molecule has 3 nitrogen and oxygen atoms in total. The predicted octanol–water partition coefficient (Wildman–Crippen LogP) is 0.758. The Morgan fingerprint density at radius 1 is 1.58 bits per heavy atom. The summed E-state index contributed by atoms with van der Waals surface area (Å²) in [7, 11) is 1.91. The van der Waals surface area contributed by atoms with Gasteiger partial charge in [-0.25, -0.2) is 0 Å². The fourth-order valence-electron chi connectivity index (χ4n) is 1.24. The van der Waals surface area contributed by atoms with E-state index in [-0.39, 0.29) is 11.8 Å². The van der Waals surface area contributed by atoms with Gasteiger partial charge in [0.25, 0.3) is 0 Å². The van der Waals surface area contributed by atoms with Gasteiger partial charge in [0.2, 0.25) is 5.91 Å². The van der Waals surface area contributed by atoms with Gasteiger partial charge in [-0.1, -0.05) is 13.8 Å². The molecule has 1 amide bonds. The number of amides is 1. The smallest absolute Gasteiger partial charge is 0.223 e. The molecule has 0 aromatic heterocycles. The van der Waals surface area contributed by atoms with Gasteiger partial charge in [0, 0.05) is 12.5 Å². The van der Waals surface area contributed by atoms with Gasteiger partial charge < -0.3 is 10.6 Å². The molecule has 1 heterocycles. The second-order valence-corrected chi connectivity index (χ2v) is 2.67. The van der Waals surface area contributed by atoms with Crippen molar-refractivity contribution in [3.05, 3.63) is 0 Å². The van der Waals surface area contributed by atoms with Gasteiger partial charge in [-0.3, -0.25) is 4.79 Å². The van der Waals surface area contributed by atoms with Crippen molar-refractivity contribution >= 4 is 5.91 Å². The van der Waals surface area contributed by atoms with Crippen molar-refractivity contribution in [2.24, 2.45) is 5.92 Å². The zero-order valence-corrected chi connectivity index (χ0v) is 8.31. The van der Waals surface area contributed by atoms with E-state index in [4.69, 9.17) is 0 Å². The van der Waals surface area contributed by atoms with Crippen LogP contribution < -0.4 is 10.6 Å². The Morgan fingerprint density at radius 3 is 2.67 bits per heavy atom. The molecule has 2 N–H and O–H groups in total. The number of hydrogen-bond acceptors (Lipinski definition) is 2. The van der Waals surface area contributed by atoms with Gasteiger partial charge in [0.15, 0.2) is 0 Å². The van der Waals surface area contributed by atoms with Crippen LogP contribution in [0, 0.1) is 5.92 Å². The fourth-order valence-corrected chi connectivity index (χ4v) is 1.24. The molecule has 0 saturated carbocycles. The molecule has 1 aliphatic heterocycles. The van der Waals surface area contributed by atoms with E-state index < -0.39 is 0 Å². The third-order valence-electron chi connectivity index (χ3n) is 1.91. The van der Waals surface area contributed by atoms with Crippen LogP contribution in [-0.2, 0) is 4.79 Å². The highest BCUT2D eigenvalue weighted by atomic mass is 16.2. The molecule has 1 aliphatic rings. The van der Waals surface area contributed by atoms with Crippen LogP contribution in [0.25, 0.3) is 0 Å². The molecule has 72 valence electrons. The van der Waals surface area contributed by atoms with E-state index in [1.54, 1.807) is 0 Å². The zero-order chi connectivity index (χ0) is 9.40. The van der Waals surface area contributed by atoms with Crippen molar-refractivity contribution < 1.29 is 4.79 Å². The number of nitrogens with one attached hydrogen (secondary N) is 2. The minimum absolute atomic E-state index is 0.232. The van der Waals surface area contributed by atoms with E-state index in [1.807, 2.05) is 20.9 Å². The Kier molecular flexibility index (Phi) is 6.76. The topological polar surface area (TPSA) is 41.1 Å². The van der Waals surface area contributed by atoms with E-state index in [1.165, 1.54) is 0 Å². The lowest BCUT2D eigenvalue weighted by Crippen LogP contribution is -2.21. The first-order valence-corrected chi connectivity index (χ1v) is 4.77. The standard InChI is InChI=1S/C7H14N2O.C2H6/c1-8-4-2-6-3-5-9-7(6)10;1-2/h6,8H,2-5H2,1H3,(H,9,10);1-2H3/t6-;/m1./s1. The lowest BCUT2D eigenvalue weighted by atomic mass is 10.0. The lowest BCUT2D eigenvalue weighted by Gasteiger charge is -2.03. The molecule has 1 rings (SSSR count). The van der Waals surface area contributed by atoms with Crippen LogP contribution in [0.2, 0.25) is 0 Å². The summed E-state index contributed by atoms with van der Waals surface area (Å²) in [5.74, 6) is 0.503. The average Bonchev–Trinajstić information content (AvgIpc) is 2.51. The molecule has 0 aromatic carbocycles. The van der Waals surface area contributed by atoms with Crippen LogP contribution in [0.5, 0.6) is 0 Å². The summed E-state index contributed by atoms with van der Waals surface area (Å²) in [5, 5.41) is 5.85. The summed E-state index contributed by atoms with van der Waals surface area (Å²) in [6.07, 6.45) is 1.99. The van der Waals surface area contributed by atoms with Crippen molar-refractivity contribution in [2.45, 2.75) is 26.7 Å². The summed E-state index contributed by atoms with van der Waals surface area (Å²) in [4.78, 5) is 10.9. The summed E-state index contributed by atoms with van der Waals surface area (Å²) in [6.45, 7) is 5.81. The number of carbonyl (C=O) groups excluding carboxylic acids is 1. The Balaban J connectivity index is 0.000000561. The maximum Gasteiger partial charge on any atom is 0.223 e. The second kappa shape index (κ2) is 7.10. The normalized spacial score (nSPS) is 21.2. The highest BCUT2D eigenvalue weighted by molar-refractivity contribution is 5.80. The van der Waals surface area contributed by atoms with Crippen molar-refractivity contribution in [3.8, 4) is 0 Å². The Bertz CT molecular complexity index is 126. The van der Waals surface area contributed by atoms with Gasteiger partial charge in [0.05, 0.1) is 0 Å². The van der Waals surface area contributed by atoms with Gasteiger partial charge in [-0.05, 0) is 26.4 Å². The van der Waals surface area contributed by atoms with Gasteiger partial charge in [0.1, 0.15) is 0 Å². The fraction of sp³-hybridized carbons (Fsp3) is 0.889. The van der Waals surface area contributed by atoms with E-state index >= 15 is 0 Å². The molecule has 0 unspecified atom stereocenters. The molecule has 3 heteroatoms. The molecular weight excluding hydrogens is 152 g/mol. The summed E-state index contributed by atoms with van der Waals surface area (Å²) < 4.78 is 0. The van der Waals surface area contributed by atoms with Crippen LogP contribution in [-0.4, -0.2) is 26.0 Å². The van der Waals surface area contributed by atoms with E-state index in [0.717, 1.165) is 25.9 Å². The summed E-state index contributed by atoms with van der Waals surface area (Å²) in [5.41, 5.74) is 0. The molecule has 12 heavy (non-hydrogen) atoms. The van der Waals surface area contributed by atoms with Crippen molar-refractivity contribution in [2.75, 3.05) is 20.1 Å². The molecule has 0 aromatic rings. The maximum absolute atomic E-state index is 10.9. The first-order valence-electron chi connectivity index (χ1n) is 4.77. The van der Waals surface area contributed by atoms with Crippen LogP contribution in [0.3, 0.4) is 0 Å². The first kappa shape index (κ1) is 11.4. The largest absolute Gasteiger partial charge is 0.356 e. The summed E-state index contributed by atoms with van der Waals surface area (Å²) in [6, 6.07) is 0. The zero-order valence-electron chi connectivity index (χ0n) is 8.31. The van der Waals surface area contributed by atoms with Crippen molar-refractivity contribution in [1.29, 1.82) is 0 Å². The van der Waals surface area contributed by atoms with Crippen molar-refractivity contribution in [1.82, 2.24) is 10.6 Å². The molecular formula is C9H20N2O. The highest BCUT2D eigenvalue weighted by Gasteiger charge is 2.22. The molecule has 0 radical (unpaired) electrons. The monoisotopic (exact) mass is 172 g/mol. The van der Waals surface area contributed by atoms with Crippen LogP contribution >= 0.6 is 0 Å². The third kappa shape index (κ3) is 3.72. The minimum Gasteiger partial charge on any atom is -0.356 e. The first-order chi connectivity index (χ1) is 5.84. The maximum atomic E-state index is 10.9. The Hall–Kier alpha value is -0.570. The van der Waals surface area contributed by atoms with E-state index in [9.17, 15) is 4.79 Å². The summed E-state index contributed by atoms with van der Waals surface area (Å²) >= 11 is 0. The molecule has 1 atom stereocenters. The Morgan fingerprint density at radius 2 is 2.25 bits per heavy atom.